The molecule has 2 amide bonds. The molecule has 0 aliphatic heterocycles. The van der Waals surface area contributed by atoms with Crippen LogP contribution in [0.1, 0.15) is 37.0 Å². The third-order valence-electron chi connectivity index (χ3n) is 6.57. The van der Waals surface area contributed by atoms with Gasteiger partial charge < -0.3 is 20.3 Å². The standard InChI is InChI=1S/C30H25ClN6O5S/c1-30(2,3)25-14-26(37(35-25)17-6-11-23(38)20(31)12-17)34-28(41)33-16-4-7-18(8-5-16)42-19-9-10-21-24(13-19)43-29-32-15-22(27(39)40)36(21)29/h4-15,38H,1-3H3,(H,39,40)(H2,33,34,41). The number of aromatic nitrogens is 4. The number of carboxylic acid groups (broad SMARTS) is 1. The highest BCUT2D eigenvalue weighted by molar-refractivity contribution is 7.23. The summed E-state index contributed by atoms with van der Waals surface area (Å²) in [6.45, 7) is 6.05. The van der Waals surface area contributed by atoms with Gasteiger partial charge in [0.25, 0.3) is 0 Å². The van der Waals surface area contributed by atoms with Gasteiger partial charge in [0.05, 0.1) is 32.8 Å². The van der Waals surface area contributed by atoms with Gasteiger partial charge in [-0.3, -0.25) is 9.72 Å². The summed E-state index contributed by atoms with van der Waals surface area (Å²) in [6, 6.07) is 18.3. The number of phenols is 1. The molecule has 6 rings (SSSR count). The molecule has 43 heavy (non-hydrogen) atoms. The zero-order valence-corrected chi connectivity index (χ0v) is 24.7. The molecule has 0 unspecified atom stereocenters. The molecule has 0 aliphatic carbocycles. The van der Waals surface area contributed by atoms with Crippen molar-refractivity contribution in [3.63, 3.8) is 0 Å². The topological polar surface area (TPSA) is 143 Å². The van der Waals surface area contributed by atoms with E-state index in [1.807, 2.05) is 26.8 Å². The molecule has 218 valence electrons. The quantitative estimate of drug-likeness (QED) is 0.151. The maximum Gasteiger partial charge on any atom is 0.354 e. The lowest BCUT2D eigenvalue weighted by atomic mass is 9.92. The lowest BCUT2D eigenvalue weighted by molar-refractivity contribution is 0.0690. The molecule has 0 bridgehead atoms. The Bertz CT molecular complexity index is 2020. The Morgan fingerprint density at radius 1 is 0.977 bits per heavy atom. The number of amides is 2. The summed E-state index contributed by atoms with van der Waals surface area (Å²) in [6.07, 6.45) is 1.34. The third-order valence-corrected chi connectivity index (χ3v) is 7.89. The van der Waals surface area contributed by atoms with Crippen molar-refractivity contribution in [2.75, 3.05) is 10.6 Å². The van der Waals surface area contributed by atoms with Crippen LogP contribution in [-0.2, 0) is 5.41 Å². The molecule has 4 N–H and O–H groups in total. The van der Waals surface area contributed by atoms with Gasteiger partial charge in [0.15, 0.2) is 10.7 Å². The minimum atomic E-state index is -1.04. The van der Waals surface area contributed by atoms with Crippen LogP contribution in [0, 0.1) is 0 Å². The molecular weight excluding hydrogens is 592 g/mol. The maximum absolute atomic E-state index is 13.0. The summed E-state index contributed by atoms with van der Waals surface area (Å²) < 4.78 is 10.0. The smallest absolute Gasteiger partial charge is 0.354 e. The Kier molecular flexibility index (Phi) is 6.95. The van der Waals surface area contributed by atoms with Crippen molar-refractivity contribution in [1.29, 1.82) is 0 Å². The van der Waals surface area contributed by atoms with Crippen molar-refractivity contribution in [2.24, 2.45) is 0 Å². The van der Waals surface area contributed by atoms with Crippen LogP contribution >= 0.6 is 22.9 Å². The fourth-order valence-corrected chi connectivity index (χ4v) is 5.60. The van der Waals surface area contributed by atoms with Gasteiger partial charge in [-0.05, 0) is 54.6 Å². The zero-order chi connectivity index (χ0) is 30.5. The van der Waals surface area contributed by atoms with Crippen LogP contribution in [0.25, 0.3) is 20.9 Å². The van der Waals surface area contributed by atoms with Gasteiger partial charge >= 0.3 is 12.0 Å². The van der Waals surface area contributed by atoms with Gasteiger partial charge in [-0.15, -0.1) is 0 Å². The number of thiazole rings is 1. The number of carboxylic acids is 1. The second-order valence-corrected chi connectivity index (χ2v) is 12.1. The number of hydrogen-bond acceptors (Lipinski definition) is 7. The number of ether oxygens (including phenoxy) is 1. The van der Waals surface area contributed by atoms with E-state index < -0.39 is 12.0 Å². The second-order valence-electron chi connectivity index (χ2n) is 10.7. The van der Waals surface area contributed by atoms with Crippen LogP contribution in [-0.4, -0.2) is 41.4 Å². The number of benzene rings is 3. The number of fused-ring (bicyclic) bond motifs is 3. The number of imidazole rings is 1. The normalized spacial score (nSPS) is 11.6. The number of nitrogens with zero attached hydrogens (tertiary/aromatic N) is 4. The molecule has 0 spiro atoms. The summed E-state index contributed by atoms with van der Waals surface area (Å²) in [7, 11) is 0. The molecule has 3 aromatic carbocycles. The number of urea groups is 1. The van der Waals surface area contributed by atoms with Crippen LogP contribution in [0.5, 0.6) is 17.2 Å². The fraction of sp³-hybridized carbons (Fsp3) is 0.133. The predicted octanol–water partition coefficient (Wildman–Crippen LogP) is 7.53. The molecule has 0 aliphatic rings. The van der Waals surface area contributed by atoms with E-state index >= 15 is 0 Å². The SMILES string of the molecule is CC(C)(C)c1cc(NC(=O)Nc2ccc(Oc3ccc4c(c3)sc3ncc(C(=O)O)n34)cc2)n(-c2ccc(O)c(Cl)c2)n1. The molecule has 0 saturated carbocycles. The maximum atomic E-state index is 13.0. The van der Waals surface area contributed by atoms with Gasteiger partial charge in [-0.25, -0.2) is 19.3 Å². The van der Waals surface area contributed by atoms with Gasteiger partial charge in [-0.2, -0.15) is 5.10 Å². The van der Waals surface area contributed by atoms with Crippen LogP contribution in [0.3, 0.4) is 0 Å². The summed E-state index contributed by atoms with van der Waals surface area (Å²) in [5.41, 5.74) is 2.42. The molecule has 3 aromatic heterocycles. The van der Waals surface area contributed by atoms with Crippen molar-refractivity contribution in [1.82, 2.24) is 19.2 Å². The Hall–Kier alpha value is -5.07. The van der Waals surface area contributed by atoms with E-state index in [9.17, 15) is 19.8 Å². The minimum absolute atomic E-state index is 0.0506. The summed E-state index contributed by atoms with van der Waals surface area (Å²) in [5, 5.41) is 29.7. The van der Waals surface area contributed by atoms with Crippen molar-refractivity contribution in [2.45, 2.75) is 26.2 Å². The zero-order valence-electron chi connectivity index (χ0n) is 23.1. The lowest BCUT2D eigenvalue weighted by Gasteiger charge is -2.14. The van der Waals surface area contributed by atoms with E-state index in [4.69, 9.17) is 16.3 Å². The Morgan fingerprint density at radius 3 is 2.42 bits per heavy atom. The first kappa shape index (κ1) is 28.1. The number of halogens is 1. The predicted molar refractivity (Wildman–Crippen MR) is 166 cm³/mol. The van der Waals surface area contributed by atoms with Crippen LogP contribution in [0.4, 0.5) is 16.3 Å². The number of carbonyl (C=O) groups is 2. The van der Waals surface area contributed by atoms with Crippen molar-refractivity contribution < 1.29 is 24.5 Å². The number of hydrogen-bond donors (Lipinski definition) is 4. The molecular formula is C30H25ClN6O5S. The number of anilines is 2. The van der Waals surface area contributed by atoms with Crippen molar-refractivity contribution >= 4 is 61.6 Å². The molecule has 0 fully saturated rings. The largest absolute Gasteiger partial charge is 0.506 e. The Morgan fingerprint density at radius 2 is 1.72 bits per heavy atom. The molecule has 3 heterocycles. The highest BCUT2D eigenvalue weighted by Crippen LogP contribution is 2.33. The number of aromatic hydroxyl groups is 1. The highest BCUT2D eigenvalue weighted by atomic mass is 35.5. The number of aromatic carboxylic acids is 1. The number of nitrogens with one attached hydrogen (secondary N) is 2. The lowest BCUT2D eigenvalue weighted by Crippen LogP contribution is -2.21. The Balaban J connectivity index is 1.16. The average molecular weight is 617 g/mol. The molecule has 11 nitrogen and oxygen atoms in total. The van der Waals surface area contributed by atoms with Crippen molar-refractivity contribution in [3.05, 3.63) is 89.3 Å². The molecule has 0 atom stereocenters. The van der Waals surface area contributed by atoms with Crippen LogP contribution in [0.15, 0.2) is 72.9 Å². The first-order valence-electron chi connectivity index (χ1n) is 13.0. The monoisotopic (exact) mass is 616 g/mol. The van der Waals surface area contributed by atoms with Gasteiger partial charge in [0.1, 0.15) is 23.1 Å². The minimum Gasteiger partial charge on any atom is -0.506 e. The van der Waals surface area contributed by atoms with E-state index in [-0.39, 0.29) is 21.9 Å². The number of rotatable bonds is 6. The van der Waals surface area contributed by atoms with Crippen LogP contribution in [0.2, 0.25) is 5.02 Å². The number of carbonyl (C=O) groups excluding carboxylic acids is 1. The van der Waals surface area contributed by atoms with E-state index in [0.29, 0.717) is 33.7 Å². The second kappa shape index (κ2) is 10.6. The summed E-state index contributed by atoms with van der Waals surface area (Å²) in [5.74, 6) is 0.457. The van der Waals surface area contributed by atoms with Crippen LogP contribution < -0.4 is 15.4 Å². The fourth-order valence-electron chi connectivity index (χ4n) is 4.40. The average Bonchev–Trinajstić information content (AvgIpc) is 3.65. The summed E-state index contributed by atoms with van der Waals surface area (Å²) >= 11 is 7.49. The highest BCUT2D eigenvalue weighted by Gasteiger charge is 2.22. The molecule has 6 aromatic rings. The van der Waals surface area contributed by atoms with Gasteiger partial charge in [0.2, 0.25) is 0 Å². The number of phenolic OH excluding ortho intramolecular Hbond substituents is 1. The molecule has 0 saturated heterocycles. The molecule has 0 radical (unpaired) electrons. The first-order valence-corrected chi connectivity index (χ1v) is 14.2. The van der Waals surface area contributed by atoms with E-state index in [0.717, 1.165) is 15.9 Å². The van der Waals surface area contributed by atoms with Gasteiger partial charge in [-0.1, -0.05) is 43.7 Å². The van der Waals surface area contributed by atoms with Gasteiger partial charge in [0, 0.05) is 23.2 Å². The van der Waals surface area contributed by atoms with E-state index in [1.165, 1.54) is 23.6 Å². The van der Waals surface area contributed by atoms with E-state index in [2.05, 4.69) is 20.7 Å². The third kappa shape index (κ3) is 5.57. The first-order chi connectivity index (χ1) is 20.5. The summed E-state index contributed by atoms with van der Waals surface area (Å²) in [4.78, 5) is 29.3. The Labute approximate surface area is 253 Å². The van der Waals surface area contributed by atoms with E-state index in [1.54, 1.807) is 63.7 Å². The molecule has 13 heteroatoms. The van der Waals surface area contributed by atoms with Crippen molar-refractivity contribution in [3.8, 4) is 22.9 Å².